The number of amides is 3. The van der Waals surface area contributed by atoms with Crippen LogP contribution in [0.1, 0.15) is 39.5 Å². The number of hydrogen-bond donors (Lipinski definition) is 2. The topological polar surface area (TPSA) is 97.0 Å². The van der Waals surface area contributed by atoms with Crippen molar-refractivity contribution in [3.8, 4) is 11.5 Å². The maximum Gasteiger partial charge on any atom is 0.242 e. The molecule has 1 saturated heterocycles. The van der Waals surface area contributed by atoms with Crippen molar-refractivity contribution in [3.05, 3.63) is 18.2 Å². The molecule has 8 nitrogen and oxygen atoms in total. The van der Waals surface area contributed by atoms with Crippen LogP contribution >= 0.6 is 0 Å². The molecular formula is C21H29N3O5. The second-order valence-corrected chi connectivity index (χ2v) is 7.46. The minimum absolute atomic E-state index is 0.116. The molecule has 2 heterocycles. The SMILES string of the molecule is CCCCCNC(=O)[C@H](C)NC(=O)C1CC(=O)N(c2ccc3c(c2)OCCO3)C1. The Morgan fingerprint density at radius 1 is 1.21 bits per heavy atom. The summed E-state index contributed by atoms with van der Waals surface area (Å²) in [7, 11) is 0. The number of hydrogen-bond acceptors (Lipinski definition) is 5. The van der Waals surface area contributed by atoms with Crippen molar-refractivity contribution < 1.29 is 23.9 Å². The maximum atomic E-state index is 12.6. The molecule has 0 radical (unpaired) electrons. The first-order valence-electron chi connectivity index (χ1n) is 10.3. The summed E-state index contributed by atoms with van der Waals surface area (Å²) in [6, 6.07) is 4.69. The number of carbonyl (C=O) groups is 3. The van der Waals surface area contributed by atoms with E-state index >= 15 is 0 Å². The van der Waals surface area contributed by atoms with E-state index in [1.54, 1.807) is 30.0 Å². The Labute approximate surface area is 170 Å². The van der Waals surface area contributed by atoms with Crippen LogP contribution in [0, 0.1) is 5.92 Å². The molecule has 2 aliphatic rings. The molecule has 1 unspecified atom stereocenters. The predicted molar refractivity (Wildman–Crippen MR) is 108 cm³/mol. The number of ether oxygens (including phenoxy) is 2. The fourth-order valence-corrected chi connectivity index (χ4v) is 3.47. The van der Waals surface area contributed by atoms with Gasteiger partial charge in [-0.25, -0.2) is 0 Å². The van der Waals surface area contributed by atoms with Crippen LogP contribution in [0.2, 0.25) is 0 Å². The maximum absolute atomic E-state index is 12.6. The van der Waals surface area contributed by atoms with E-state index in [1.165, 1.54) is 0 Å². The number of unbranched alkanes of at least 4 members (excludes halogenated alkanes) is 2. The van der Waals surface area contributed by atoms with Gasteiger partial charge in [0.1, 0.15) is 19.3 Å². The minimum atomic E-state index is -0.637. The van der Waals surface area contributed by atoms with Crippen LogP contribution in [0.15, 0.2) is 18.2 Å². The van der Waals surface area contributed by atoms with E-state index in [-0.39, 0.29) is 30.7 Å². The molecular weight excluding hydrogens is 374 g/mol. The number of rotatable bonds is 8. The predicted octanol–water partition coefficient (Wildman–Crippen LogP) is 1.62. The van der Waals surface area contributed by atoms with E-state index < -0.39 is 12.0 Å². The number of benzene rings is 1. The molecule has 1 fully saturated rings. The van der Waals surface area contributed by atoms with Gasteiger partial charge >= 0.3 is 0 Å². The van der Waals surface area contributed by atoms with Gasteiger partial charge in [-0.3, -0.25) is 14.4 Å². The Kier molecular flexibility index (Phi) is 6.95. The Morgan fingerprint density at radius 3 is 2.72 bits per heavy atom. The molecule has 1 aromatic rings. The van der Waals surface area contributed by atoms with Gasteiger partial charge in [-0.2, -0.15) is 0 Å². The van der Waals surface area contributed by atoms with Crippen molar-refractivity contribution >= 4 is 23.4 Å². The molecule has 0 spiro atoms. The third-order valence-electron chi connectivity index (χ3n) is 5.16. The first-order valence-corrected chi connectivity index (χ1v) is 10.3. The summed E-state index contributed by atoms with van der Waals surface area (Å²) in [5.74, 6) is 0.143. The fourth-order valence-electron chi connectivity index (χ4n) is 3.47. The summed E-state index contributed by atoms with van der Waals surface area (Å²) in [6.45, 7) is 5.60. The molecule has 3 amide bonds. The standard InChI is InChI=1S/C21H29N3O5/c1-3-4-5-8-22-20(26)14(2)23-21(27)15-11-19(25)24(13-15)16-6-7-17-18(12-16)29-10-9-28-17/h6-7,12,14-15H,3-5,8-11,13H2,1-2H3,(H,22,26)(H,23,27)/t14-,15?/m0/s1. The average molecular weight is 403 g/mol. The van der Waals surface area contributed by atoms with E-state index in [0.29, 0.717) is 36.9 Å². The summed E-state index contributed by atoms with van der Waals surface area (Å²) in [4.78, 5) is 38.7. The van der Waals surface area contributed by atoms with Crippen molar-refractivity contribution in [1.29, 1.82) is 0 Å². The van der Waals surface area contributed by atoms with Gasteiger partial charge in [0.2, 0.25) is 17.7 Å². The summed E-state index contributed by atoms with van der Waals surface area (Å²) in [5, 5.41) is 5.56. The van der Waals surface area contributed by atoms with Gasteiger partial charge in [-0.1, -0.05) is 19.8 Å². The number of fused-ring (bicyclic) bond motifs is 1. The first-order chi connectivity index (χ1) is 14.0. The molecule has 0 aliphatic carbocycles. The molecule has 0 bridgehead atoms. The summed E-state index contributed by atoms with van der Waals surface area (Å²) >= 11 is 0. The van der Waals surface area contributed by atoms with E-state index in [1.807, 2.05) is 0 Å². The van der Waals surface area contributed by atoms with Gasteiger partial charge in [0.05, 0.1) is 5.92 Å². The highest BCUT2D eigenvalue weighted by molar-refractivity contribution is 6.01. The molecule has 2 N–H and O–H groups in total. The second-order valence-electron chi connectivity index (χ2n) is 7.46. The van der Waals surface area contributed by atoms with E-state index in [9.17, 15) is 14.4 Å². The van der Waals surface area contributed by atoms with Crippen molar-refractivity contribution in [2.75, 3.05) is 31.2 Å². The van der Waals surface area contributed by atoms with Crippen molar-refractivity contribution in [2.24, 2.45) is 5.92 Å². The Balaban J connectivity index is 1.54. The molecule has 0 saturated carbocycles. The lowest BCUT2D eigenvalue weighted by Gasteiger charge is -2.22. The van der Waals surface area contributed by atoms with Crippen LogP contribution in [0.4, 0.5) is 5.69 Å². The highest BCUT2D eigenvalue weighted by Gasteiger charge is 2.36. The van der Waals surface area contributed by atoms with Gasteiger partial charge in [-0.05, 0) is 25.5 Å². The van der Waals surface area contributed by atoms with E-state index in [2.05, 4.69) is 17.6 Å². The summed E-state index contributed by atoms with van der Waals surface area (Å²) in [6.07, 6.45) is 3.17. The Hall–Kier alpha value is -2.77. The van der Waals surface area contributed by atoms with Gasteiger partial charge in [0.15, 0.2) is 11.5 Å². The average Bonchev–Trinajstić information content (AvgIpc) is 3.12. The van der Waals surface area contributed by atoms with Gasteiger partial charge < -0.3 is 25.0 Å². The van der Waals surface area contributed by atoms with E-state index in [4.69, 9.17) is 9.47 Å². The van der Waals surface area contributed by atoms with Crippen LogP contribution in [0.3, 0.4) is 0 Å². The number of nitrogens with zero attached hydrogens (tertiary/aromatic N) is 1. The minimum Gasteiger partial charge on any atom is -0.486 e. The monoisotopic (exact) mass is 403 g/mol. The van der Waals surface area contributed by atoms with Crippen molar-refractivity contribution in [2.45, 2.75) is 45.6 Å². The van der Waals surface area contributed by atoms with Crippen LogP contribution in [-0.2, 0) is 14.4 Å². The van der Waals surface area contributed by atoms with Crippen LogP contribution in [0.25, 0.3) is 0 Å². The molecule has 1 aromatic carbocycles. The lowest BCUT2D eigenvalue weighted by molar-refractivity contribution is -0.130. The van der Waals surface area contributed by atoms with E-state index in [0.717, 1.165) is 19.3 Å². The lowest BCUT2D eigenvalue weighted by atomic mass is 10.1. The first kappa shape index (κ1) is 21.0. The lowest BCUT2D eigenvalue weighted by Crippen LogP contribution is -2.47. The van der Waals surface area contributed by atoms with Crippen molar-refractivity contribution in [3.63, 3.8) is 0 Å². The van der Waals surface area contributed by atoms with Gasteiger partial charge in [0.25, 0.3) is 0 Å². The Morgan fingerprint density at radius 2 is 1.97 bits per heavy atom. The molecule has 2 atom stereocenters. The fraction of sp³-hybridized carbons (Fsp3) is 0.571. The van der Waals surface area contributed by atoms with Crippen LogP contribution in [-0.4, -0.2) is 50.1 Å². The number of anilines is 1. The quantitative estimate of drug-likeness (QED) is 0.643. The number of nitrogens with one attached hydrogen (secondary N) is 2. The highest BCUT2D eigenvalue weighted by atomic mass is 16.6. The molecule has 0 aromatic heterocycles. The van der Waals surface area contributed by atoms with Crippen LogP contribution in [0.5, 0.6) is 11.5 Å². The Bertz CT molecular complexity index is 767. The third-order valence-corrected chi connectivity index (χ3v) is 5.16. The zero-order valence-corrected chi connectivity index (χ0v) is 17.0. The highest BCUT2D eigenvalue weighted by Crippen LogP contribution is 2.35. The van der Waals surface area contributed by atoms with Crippen molar-refractivity contribution in [1.82, 2.24) is 10.6 Å². The molecule has 2 aliphatic heterocycles. The largest absolute Gasteiger partial charge is 0.486 e. The van der Waals surface area contributed by atoms with Gasteiger partial charge in [0, 0.05) is 31.3 Å². The molecule has 8 heteroatoms. The molecule has 29 heavy (non-hydrogen) atoms. The normalized spacial score (nSPS) is 19.0. The summed E-state index contributed by atoms with van der Waals surface area (Å²) in [5.41, 5.74) is 0.677. The summed E-state index contributed by atoms with van der Waals surface area (Å²) < 4.78 is 11.1. The molecule has 158 valence electrons. The third kappa shape index (κ3) is 5.19. The molecule has 3 rings (SSSR count). The van der Waals surface area contributed by atoms with Gasteiger partial charge in [-0.15, -0.1) is 0 Å². The zero-order valence-electron chi connectivity index (χ0n) is 17.0. The number of carbonyl (C=O) groups excluding carboxylic acids is 3. The zero-order chi connectivity index (χ0) is 20.8. The van der Waals surface area contributed by atoms with Crippen LogP contribution < -0.4 is 25.0 Å². The second kappa shape index (κ2) is 9.62. The smallest absolute Gasteiger partial charge is 0.242 e.